The highest BCUT2D eigenvalue weighted by molar-refractivity contribution is 14.0. The maximum Gasteiger partial charge on any atom is 0.242 e. The number of halogens is 1. The Labute approximate surface area is 143 Å². The SMILES string of the molecule is CCNC(=NCC(=O)NCc1ccco1)NC(C)CC.I. The molecule has 0 fully saturated rings. The Kier molecular flexibility index (Phi) is 10.7. The van der Waals surface area contributed by atoms with Crippen molar-refractivity contribution in [2.45, 2.75) is 39.8 Å². The average molecular weight is 408 g/mol. The fourth-order valence-corrected chi connectivity index (χ4v) is 1.46. The van der Waals surface area contributed by atoms with E-state index in [4.69, 9.17) is 4.42 Å². The van der Waals surface area contributed by atoms with Gasteiger partial charge in [-0.3, -0.25) is 4.79 Å². The van der Waals surface area contributed by atoms with Crippen LogP contribution >= 0.6 is 24.0 Å². The van der Waals surface area contributed by atoms with Crippen molar-refractivity contribution in [2.75, 3.05) is 13.1 Å². The highest BCUT2D eigenvalue weighted by atomic mass is 127. The summed E-state index contributed by atoms with van der Waals surface area (Å²) in [6.45, 7) is 7.39. The van der Waals surface area contributed by atoms with Crippen LogP contribution in [0.3, 0.4) is 0 Å². The lowest BCUT2D eigenvalue weighted by atomic mass is 10.3. The van der Waals surface area contributed by atoms with Crippen molar-refractivity contribution in [2.24, 2.45) is 4.99 Å². The molecule has 0 spiro atoms. The summed E-state index contributed by atoms with van der Waals surface area (Å²) >= 11 is 0. The zero-order valence-corrected chi connectivity index (χ0v) is 15.1. The van der Waals surface area contributed by atoms with Crippen LogP contribution in [0, 0.1) is 0 Å². The average Bonchev–Trinajstić information content (AvgIpc) is 2.95. The third kappa shape index (κ3) is 8.59. The molecule has 1 atom stereocenters. The van der Waals surface area contributed by atoms with Crippen molar-refractivity contribution in [1.29, 1.82) is 0 Å². The molecule has 6 nitrogen and oxygen atoms in total. The number of amides is 1. The second-order valence-electron chi connectivity index (χ2n) is 4.50. The Morgan fingerprint density at radius 1 is 1.38 bits per heavy atom. The standard InChI is InChI=1S/C14H24N4O2.HI/c1-4-11(3)18-14(15-5-2)17-10-13(19)16-9-12-7-6-8-20-12;/h6-8,11H,4-5,9-10H2,1-3H3,(H,16,19)(H2,15,17,18);1H. The molecule has 1 unspecified atom stereocenters. The summed E-state index contributed by atoms with van der Waals surface area (Å²) in [4.78, 5) is 15.9. The minimum Gasteiger partial charge on any atom is -0.467 e. The molecule has 7 heteroatoms. The van der Waals surface area contributed by atoms with Crippen LogP contribution in [-0.4, -0.2) is 31.0 Å². The topological polar surface area (TPSA) is 78.7 Å². The van der Waals surface area contributed by atoms with Gasteiger partial charge in [0.1, 0.15) is 12.3 Å². The molecular weight excluding hydrogens is 383 g/mol. The molecule has 1 heterocycles. The Hall–Kier alpha value is -1.25. The molecule has 0 aromatic carbocycles. The summed E-state index contributed by atoms with van der Waals surface area (Å²) in [5.41, 5.74) is 0. The molecule has 0 saturated carbocycles. The molecule has 1 rings (SSSR count). The van der Waals surface area contributed by atoms with Gasteiger partial charge in [-0.05, 0) is 32.4 Å². The lowest BCUT2D eigenvalue weighted by molar-refractivity contribution is -0.119. The van der Waals surface area contributed by atoms with Gasteiger partial charge in [0, 0.05) is 12.6 Å². The fourth-order valence-electron chi connectivity index (χ4n) is 1.46. The minimum atomic E-state index is -0.136. The number of carbonyl (C=O) groups is 1. The van der Waals surface area contributed by atoms with E-state index in [0.29, 0.717) is 18.5 Å². The zero-order chi connectivity index (χ0) is 14.8. The number of nitrogens with zero attached hydrogens (tertiary/aromatic N) is 1. The number of hydrogen-bond acceptors (Lipinski definition) is 3. The first-order valence-electron chi connectivity index (χ1n) is 6.99. The Balaban J connectivity index is 0.00000400. The first-order valence-corrected chi connectivity index (χ1v) is 6.99. The molecule has 0 bridgehead atoms. The summed E-state index contributed by atoms with van der Waals surface area (Å²) < 4.78 is 5.14. The van der Waals surface area contributed by atoms with Gasteiger partial charge >= 0.3 is 0 Å². The lowest BCUT2D eigenvalue weighted by Gasteiger charge is -2.16. The van der Waals surface area contributed by atoms with Gasteiger partial charge in [0.05, 0.1) is 12.8 Å². The number of aliphatic imine (C=N–C) groups is 1. The number of nitrogens with one attached hydrogen (secondary N) is 3. The Bertz CT molecular complexity index is 421. The predicted octanol–water partition coefficient (Wildman–Crippen LogP) is 1.87. The minimum absolute atomic E-state index is 0. The largest absolute Gasteiger partial charge is 0.467 e. The van der Waals surface area contributed by atoms with Gasteiger partial charge in [0.25, 0.3) is 0 Å². The second kappa shape index (κ2) is 11.4. The number of furan rings is 1. The van der Waals surface area contributed by atoms with Gasteiger partial charge < -0.3 is 20.4 Å². The molecule has 0 aliphatic carbocycles. The first-order chi connectivity index (χ1) is 9.65. The number of guanidine groups is 1. The van der Waals surface area contributed by atoms with Crippen molar-refractivity contribution >= 4 is 35.8 Å². The van der Waals surface area contributed by atoms with Crippen LogP contribution in [0.4, 0.5) is 0 Å². The molecular formula is C14H25IN4O2. The molecule has 1 aromatic rings. The van der Waals surface area contributed by atoms with E-state index in [0.717, 1.165) is 18.7 Å². The third-order valence-corrected chi connectivity index (χ3v) is 2.76. The third-order valence-electron chi connectivity index (χ3n) is 2.76. The van der Waals surface area contributed by atoms with Gasteiger partial charge in [0.15, 0.2) is 5.96 Å². The zero-order valence-electron chi connectivity index (χ0n) is 12.8. The van der Waals surface area contributed by atoms with Crippen LogP contribution in [-0.2, 0) is 11.3 Å². The fraction of sp³-hybridized carbons (Fsp3) is 0.571. The highest BCUT2D eigenvalue weighted by Gasteiger charge is 2.05. The van der Waals surface area contributed by atoms with Crippen LogP contribution < -0.4 is 16.0 Å². The molecule has 3 N–H and O–H groups in total. The summed E-state index contributed by atoms with van der Waals surface area (Å²) in [5.74, 6) is 1.25. The van der Waals surface area contributed by atoms with Crippen molar-refractivity contribution in [1.82, 2.24) is 16.0 Å². The summed E-state index contributed by atoms with van der Waals surface area (Å²) in [6, 6.07) is 3.93. The van der Waals surface area contributed by atoms with Gasteiger partial charge in [-0.1, -0.05) is 6.92 Å². The summed E-state index contributed by atoms with van der Waals surface area (Å²) in [6.07, 6.45) is 2.58. The quantitative estimate of drug-likeness (QED) is 0.366. The Morgan fingerprint density at radius 3 is 2.71 bits per heavy atom. The van der Waals surface area contributed by atoms with E-state index < -0.39 is 0 Å². The lowest BCUT2D eigenvalue weighted by Crippen LogP contribution is -2.42. The van der Waals surface area contributed by atoms with Crippen LogP contribution in [0.5, 0.6) is 0 Å². The van der Waals surface area contributed by atoms with Crippen LogP contribution in [0.2, 0.25) is 0 Å². The van der Waals surface area contributed by atoms with Crippen LogP contribution in [0.1, 0.15) is 33.0 Å². The van der Waals surface area contributed by atoms with E-state index in [1.165, 1.54) is 0 Å². The smallest absolute Gasteiger partial charge is 0.242 e. The van der Waals surface area contributed by atoms with E-state index in [1.54, 1.807) is 12.3 Å². The second-order valence-corrected chi connectivity index (χ2v) is 4.50. The van der Waals surface area contributed by atoms with E-state index >= 15 is 0 Å². The first kappa shape index (κ1) is 19.8. The monoisotopic (exact) mass is 408 g/mol. The summed E-state index contributed by atoms with van der Waals surface area (Å²) in [5, 5.41) is 9.10. The van der Waals surface area contributed by atoms with Crippen molar-refractivity contribution in [3.05, 3.63) is 24.2 Å². The van der Waals surface area contributed by atoms with Crippen molar-refractivity contribution in [3.8, 4) is 0 Å². The van der Waals surface area contributed by atoms with E-state index in [9.17, 15) is 4.79 Å². The molecule has 0 radical (unpaired) electrons. The van der Waals surface area contributed by atoms with Gasteiger partial charge in [-0.25, -0.2) is 4.99 Å². The number of rotatable bonds is 7. The van der Waals surface area contributed by atoms with Gasteiger partial charge in [0.2, 0.25) is 5.91 Å². The molecule has 120 valence electrons. The van der Waals surface area contributed by atoms with Crippen LogP contribution in [0.15, 0.2) is 27.8 Å². The van der Waals surface area contributed by atoms with E-state index in [1.807, 2.05) is 13.0 Å². The normalized spacial score (nSPS) is 12.2. The molecule has 1 amide bonds. The van der Waals surface area contributed by atoms with Crippen LogP contribution in [0.25, 0.3) is 0 Å². The molecule has 0 aliphatic heterocycles. The van der Waals surface area contributed by atoms with Crippen molar-refractivity contribution < 1.29 is 9.21 Å². The molecule has 0 saturated heterocycles. The summed E-state index contributed by atoms with van der Waals surface area (Å²) in [7, 11) is 0. The molecule has 1 aromatic heterocycles. The maximum atomic E-state index is 11.7. The number of hydrogen-bond donors (Lipinski definition) is 3. The predicted molar refractivity (Wildman–Crippen MR) is 94.8 cm³/mol. The van der Waals surface area contributed by atoms with E-state index in [2.05, 4.69) is 34.8 Å². The van der Waals surface area contributed by atoms with Gasteiger partial charge in [-0.15, -0.1) is 24.0 Å². The number of carbonyl (C=O) groups excluding carboxylic acids is 1. The maximum absolute atomic E-state index is 11.7. The highest BCUT2D eigenvalue weighted by Crippen LogP contribution is 1.98. The molecule has 0 aliphatic rings. The Morgan fingerprint density at radius 2 is 2.14 bits per heavy atom. The molecule has 21 heavy (non-hydrogen) atoms. The van der Waals surface area contributed by atoms with E-state index in [-0.39, 0.29) is 36.4 Å². The van der Waals surface area contributed by atoms with Gasteiger partial charge in [-0.2, -0.15) is 0 Å². The van der Waals surface area contributed by atoms with Crippen molar-refractivity contribution in [3.63, 3.8) is 0 Å².